The summed E-state index contributed by atoms with van der Waals surface area (Å²) < 4.78 is 2.44. The van der Waals surface area contributed by atoms with Crippen LogP contribution in [0, 0.1) is 0 Å². The van der Waals surface area contributed by atoms with Crippen LogP contribution in [0.1, 0.15) is 11.1 Å². The lowest BCUT2D eigenvalue weighted by atomic mass is 9.99. The Balaban J connectivity index is 1.18. The average Bonchev–Trinajstić information content (AvgIpc) is 3.62. The Kier molecular flexibility index (Phi) is 5.31. The van der Waals surface area contributed by atoms with Crippen molar-refractivity contribution < 1.29 is 0 Å². The van der Waals surface area contributed by atoms with Gasteiger partial charge in [0.2, 0.25) is 0 Å². The van der Waals surface area contributed by atoms with E-state index in [1.54, 1.807) is 0 Å². The Morgan fingerprint density at radius 2 is 1.30 bits per heavy atom. The molecule has 1 aliphatic heterocycles. The second kappa shape index (κ2) is 9.68. The van der Waals surface area contributed by atoms with E-state index in [0.29, 0.717) is 0 Å². The Hall–Kier alpha value is -6.13. The maximum absolute atomic E-state index is 5.22. The smallest absolute Gasteiger partial charge is 0.0951 e. The third kappa shape index (κ3) is 3.58. The van der Waals surface area contributed by atoms with Crippen LogP contribution in [0.4, 0.5) is 17.1 Å². The topological polar surface area (TPSA) is 32.6 Å². The summed E-state index contributed by atoms with van der Waals surface area (Å²) in [6, 6.07) is 48.0. The Morgan fingerprint density at radius 1 is 0.609 bits per heavy atom. The third-order valence-electron chi connectivity index (χ3n) is 9.49. The van der Waals surface area contributed by atoms with Crippen LogP contribution in [0.15, 0.2) is 163 Å². The molecule has 0 bridgehead atoms. The monoisotopic (exact) mass is 588 g/mol. The number of fused-ring (bicyclic) bond motifs is 7. The molecule has 3 aliphatic rings. The van der Waals surface area contributed by atoms with E-state index in [9.17, 15) is 0 Å². The van der Waals surface area contributed by atoms with Crippen LogP contribution in [-0.2, 0) is 0 Å². The molecule has 0 saturated heterocycles. The van der Waals surface area contributed by atoms with Crippen molar-refractivity contribution in [3.8, 4) is 5.69 Å². The second-order valence-corrected chi connectivity index (χ2v) is 12.1. The van der Waals surface area contributed by atoms with Gasteiger partial charge in [0.05, 0.1) is 34.2 Å². The number of allylic oxidation sites excluding steroid dienone is 2. The first-order chi connectivity index (χ1) is 22.8. The number of nitrogens with one attached hydrogen (secondary N) is 1. The van der Waals surface area contributed by atoms with Crippen LogP contribution < -0.4 is 10.2 Å². The Bertz CT molecular complexity index is 2440. The molecule has 2 heterocycles. The summed E-state index contributed by atoms with van der Waals surface area (Å²) in [7, 11) is 0. The van der Waals surface area contributed by atoms with Gasteiger partial charge in [-0.2, -0.15) is 0 Å². The van der Waals surface area contributed by atoms with Crippen LogP contribution in [0.5, 0.6) is 0 Å². The van der Waals surface area contributed by atoms with Crippen molar-refractivity contribution in [1.82, 2.24) is 9.88 Å². The Morgan fingerprint density at radius 3 is 2.09 bits per heavy atom. The molecular weight excluding hydrogens is 560 g/mol. The fraction of sp³-hybridized carbons (Fsp3) is 0.0238. The van der Waals surface area contributed by atoms with Crippen molar-refractivity contribution in [1.29, 1.82) is 0 Å². The average molecular weight is 589 g/mol. The fourth-order valence-electron chi connectivity index (χ4n) is 7.52. The van der Waals surface area contributed by atoms with E-state index in [0.717, 1.165) is 39.9 Å². The molecule has 4 heteroatoms. The summed E-state index contributed by atoms with van der Waals surface area (Å²) in [5, 5.41) is 8.79. The van der Waals surface area contributed by atoms with Gasteiger partial charge in [-0.25, -0.2) is 4.99 Å². The van der Waals surface area contributed by atoms with Crippen LogP contribution in [0.3, 0.4) is 0 Å². The normalized spacial score (nSPS) is 16.1. The maximum Gasteiger partial charge on any atom is 0.0951 e. The third-order valence-corrected chi connectivity index (χ3v) is 9.49. The number of hydrogen-bond acceptors (Lipinski definition) is 3. The molecule has 0 radical (unpaired) electrons. The maximum atomic E-state index is 5.22. The minimum atomic E-state index is 0.0993. The van der Waals surface area contributed by atoms with Crippen LogP contribution >= 0.6 is 0 Å². The lowest BCUT2D eigenvalue weighted by Gasteiger charge is -2.25. The highest BCUT2D eigenvalue weighted by atomic mass is 15.1. The van der Waals surface area contributed by atoms with E-state index < -0.39 is 0 Å². The van der Waals surface area contributed by atoms with E-state index in [1.165, 1.54) is 43.7 Å². The lowest BCUT2D eigenvalue weighted by Crippen LogP contribution is -2.36. The number of hydrogen-bond donors (Lipinski definition) is 1. The van der Waals surface area contributed by atoms with Crippen LogP contribution in [0.2, 0.25) is 0 Å². The molecular formula is C42H28N4. The second-order valence-electron chi connectivity index (χ2n) is 12.1. The van der Waals surface area contributed by atoms with Gasteiger partial charge in [-0.05, 0) is 66.7 Å². The van der Waals surface area contributed by atoms with Gasteiger partial charge in [0.1, 0.15) is 0 Å². The molecule has 6 aromatic carbocycles. The summed E-state index contributed by atoms with van der Waals surface area (Å²) >= 11 is 0. The van der Waals surface area contributed by atoms with Crippen molar-refractivity contribution in [3.63, 3.8) is 0 Å². The number of aromatic nitrogens is 1. The van der Waals surface area contributed by atoms with Gasteiger partial charge < -0.3 is 14.8 Å². The van der Waals surface area contributed by atoms with Gasteiger partial charge in [-0.15, -0.1) is 0 Å². The van der Waals surface area contributed by atoms with E-state index in [-0.39, 0.29) is 6.04 Å². The van der Waals surface area contributed by atoms with E-state index in [4.69, 9.17) is 4.99 Å². The molecule has 10 rings (SSSR count). The number of aliphatic imine (C=N–C) groups is 1. The SMILES string of the molecule is C1=CC2=NC3=C(NC2C=C1)c1cccc2c1c3cc1c3ccccc3n(-c3ccc(N(c4ccccc4)c4ccccc4)cc3)c21. The Labute approximate surface area is 266 Å². The van der Waals surface area contributed by atoms with Crippen molar-refractivity contribution in [2.24, 2.45) is 4.99 Å². The van der Waals surface area contributed by atoms with Gasteiger partial charge in [0, 0.05) is 55.4 Å². The highest BCUT2D eigenvalue weighted by Gasteiger charge is 2.32. The first-order valence-corrected chi connectivity index (χ1v) is 15.8. The summed E-state index contributed by atoms with van der Waals surface area (Å²) in [5.41, 5.74) is 12.6. The molecule has 1 atom stereocenters. The van der Waals surface area contributed by atoms with Crippen molar-refractivity contribution >= 4 is 66.7 Å². The quantitative estimate of drug-likeness (QED) is 0.222. The van der Waals surface area contributed by atoms with Gasteiger partial charge in [0.25, 0.3) is 0 Å². The van der Waals surface area contributed by atoms with Crippen LogP contribution in [0.25, 0.3) is 49.7 Å². The molecule has 46 heavy (non-hydrogen) atoms. The molecule has 0 fully saturated rings. The number of anilines is 3. The minimum absolute atomic E-state index is 0.0993. The molecule has 1 N–H and O–H groups in total. The summed E-state index contributed by atoms with van der Waals surface area (Å²) in [6.45, 7) is 0. The zero-order chi connectivity index (χ0) is 30.2. The molecule has 1 unspecified atom stereocenters. The van der Waals surface area contributed by atoms with E-state index >= 15 is 0 Å². The highest BCUT2D eigenvalue weighted by molar-refractivity contribution is 6.27. The highest BCUT2D eigenvalue weighted by Crippen LogP contribution is 2.48. The van der Waals surface area contributed by atoms with Gasteiger partial charge in [-0.1, -0.05) is 91.0 Å². The van der Waals surface area contributed by atoms with Crippen LogP contribution in [-0.4, -0.2) is 16.3 Å². The zero-order valence-corrected chi connectivity index (χ0v) is 24.9. The van der Waals surface area contributed by atoms with Crippen molar-refractivity contribution in [2.75, 3.05) is 4.90 Å². The largest absolute Gasteiger partial charge is 0.371 e. The molecule has 2 aliphatic carbocycles. The first-order valence-electron chi connectivity index (χ1n) is 15.8. The van der Waals surface area contributed by atoms with Crippen molar-refractivity contribution in [2.45, 2.75) is 6.04 Å². The van der Waals surface area contributed by atoms with Gasteiger partial charge in [-0.3, -0.25) is 0 Å². The standard InChI is InChI=1S/C42H28N4/c1-3-12-27(13-4-1)45(28-14-5-2-6-15-28)29-22-24-30(25-23-29)46-38-21-10-7-16-31(38)34-26-35-39-32(17-11-18-33(39)42(34)46)40-41(35)44-37-20-9-8-19-36(37)43-40/h1-26,36,43H. The fourth-order valence-corrected chi connectivity index (χ4v) is 7.52. The van der Waals surface area contributed by atoms with Crippen molar-refractivity contribution in [3.05, 3.63) is 169 Å². The number of para-hydroxylation sites is 3. The summed E-state index contributed by atoms with van der Waals surface area (Å²) in [6.07, 6.45) is 8.47. The number of rotatable bonds is 4. The molecule has 0 spiro atoms. The number of nitrogens with zero attached hydrogens (tertiary/aromatic N) is 3. The first kappa shape index (κ1) is 25.2. The summed E-state index contributed by atoms with van der Waals surface area (Å²) in [5.74, 6) is 0. The van der Waals surface area contributed by atoms with E-state index in [1.807, 2.05) is 0 Å². The van der Waals surface area contributed by atoms with Gasteiger partial charge >= 0.3 is 0 Å². The lowest BCUT2D eigenvalue weighted by molar-refractivity contribution is 0.886. The summed E-state index contributed by atoms with van der Waals surface area (Å²) in [4.78, 5) is 7.52. The minimum Gasteiger partial charge on any atom is -0.371 e. The number of benzene rings is 6. The van der Waals surface area contributed by atoms with E-state index in [2.05, 4.69) is 173 Å². The molecule has 216 valence electrons. The molecule has 7 aromatic rings. The predicted molar refractivity (Wildman–Crippen MR) is 192 cm³/mol. The molecule has 1 aromatic heterocycles. The molecule has 4 nitrogen and oxygen atoms in total. The molecule has 0 amide bonds. The van der Waals surface area contributed by atoms with Gasteiger partial charge in [0.15, 0.2) is 0 Å². The zero-order valence-electron chi connectivity index (χ0n) is 24.9. The molecule has 0 saturated carbocycles. The predicted octanol–water partition coefficient (Wildman–Crippen LogP) is 10.1.